The van der Waals surface area contributed by atoms with Gasteiger partial charge in [0.25, 0.3) is 0 Å². The fourth-order valence-corrected chi connectivity index (χ4v) is 2.91. The third kappa shape index (κ3) is 2.80. The fraction of sp³-hybridized carbons (Fsp3) is 0.750. The van der Waals surface area contributed by atoms with E-state index in [2.05, 4.69) is 12.6 Å². The number of aliphatic carboxylic acids is 1. The lowest BCUT2D eigenvalue weighted by Gasteiger charge is -2.37. The zero-order valence-electron chi connectivity index (χ0n) is 11.7. The highest BCUT2D eigenvalue weighted by Gasteiger charge is 2.61. The van der Waals surface area contributed by atoms with Gasteiger partial charge in [-0.3, -0.25) is 9.59 Å². The molecule has 0 aromatic rings. The van der Waals surface area contributed by atoms with Crippen LogP contribution in [0.5, 0.6) is 0 Å². The predicted octanol–water partition coefficient (Wildman–Crippen LogP) is 0.335. The number of likely N-dealkylation sites (tertiary alicyclic amines) is 1. The van der Waals surface area contributed by atoms with Crippen molar-refractivity contribution in [2.24, 2.45) is 11.7 Å². The molecule has 0 aromatic carbocycles. The Morgan fingerprint density at radius 2 is 1.85 bits per heavy atom. The van der Waals surface area contributed by atoms with Crippen LogP contribution in [0.25, 0.3) is 0 Å². The lowest BCUT2D eigenvalue weighted by atomic mass is 9.86. The van der Waals surface area contributed by atoms with Gasteiger partial charge in [0.15, 0.2) is 5.78 Å². The molecule has 3 atom stereocenters. The molecule has 1 amide bonds. The van der Waals surface area contributed by atoms with Gasteiger partial charge in [-0.2, -0.15) is 12.6 Å². The van der Waals surface area contributed by atoms with Crippen molar-refractivity contribution in [3.63, 3.8) is 0 Å². The standard InChI is InChI=1S/C12H20N2O4S.ClH/c1-6(2)10(16)14-5-4-8(19)12(14,11(17)18)9(15)7(3)13;/h6-8,19H,4-5,13H2,1-3H3,(H,17,18);1H/t7-,8?,12-;/m0./s1. The van der Waals surface area contributed by atoms with E-state index in [1.807, 2.05) is 0 Å². The minimum absolute atomic E-state index is 0. The molecule has 1 aliphatic rings. The molecule has 0 saturated carbocycles. The summed E-state index contributed by atoms with van der Waals surface area (Å²) in [5.74, 6) is -2.79. The monoisotopic (exact) mass is 324 g/mol. The number of carboxylic acids is 1. The van der Waals surface area contributed by atoms with E-state index >= 15 is 0 Å². The second-order valence-electron chi connectivity index (χ2n) is 5.17. The van der Waals surface area contributed by atoms with Crippen molar-refractivity contribution in [2.45, 2.75) is 44.0 Å². The van der Waals surface area contributed by atoms with Gasteiger partial charge < -0.3 is 15.7 Å². The van der Waals surface area contributed by atoms with Crippen molar-refractivity contribution in [3.05, 3.63) is 0 Å². The largest absolute Gasteiger partial charge is 0.479 e. The number of nitrogens with zero attached hydrogens (tertiary/aromatic N) is 1. The van der Waals surface area contributed by atoms with Crippen molar-refractivity contribution in [3.8, 4) is 0 Å². The molecule has 0 aromatic heterocycles. The van der Waals surface area contributed by atoms with E-state index < -0.39 is 34.5 Å². The first-order valence-electron chi connectivity index (χ1n) is 6.20. The molecular weight excluding hydrogens is 304 g/mol. The number of carboxylic acid groups (broad SMARTS) is 1. The Morgan fingerprint density at radius 1 is 1.35 bits per heavy atom. The first-order valence-corrected chi connectivity index (χ1v) is 6.71. The highest BCUT2D eigenvalue weighted by atomic mass is 35.5. The molecule has 3 N–H and O–H groups in total. The number of nitrogens with two attached hydrogens (primary N) is 1. The Kier molecular flexibility index (Phi) is 6.51. The van der Waals surface area contributed by atoms with E-state index in [9.17, 15) is 19.5 Å². The van der Waals surface area contributed by atoms with Crippen LogP contribution in [0, 0.1) is 5.92 Å². The van der Waals surface area contributed by atoms with Crippen molar-refractivity contribution in [2.75, 3.05) is 6.54 Å². The van der Waals surface area contributed by atoms with Crippen LogP contribution in [-0.4, -0.2) is 51.0 Å². The average molecular weight is 325 g/mol. The molecule has 8 heteroatoms. The predicted molar refractivity (Wildman–Crippen MR) is 80.2 cm³/mol. The maximum Gasteiger partial charge on any atom is 0.338 e. The van der Waals surface area contributed by atoms with Gasteiger partial charge in [0.2, 0.25) is 11.4 Å². The third-order valence-electron chi connectivity index (χ3n) is 3.41. The Labute approximate surface area is 129 Å². The Bertz CT molecular complexity index is 416. The maximum atomic E-state index is 12.3. The molecule has 6 nitrogen and oxygen atoms in total. The van der Waals surface area contributed by atoms with Crippen LogP contribution in [0.1, 0.15) is 27.2 Å². The summed E-state index contributed by atoms with van der Waals surface area (Å²) in [6.45, 7) is 4.95. The third-order valence-corrected chi connectivity index (χ3v) is 4.04. The summed E-state index contributed by atoms with van der Waals surface area (Å²) in [7, 11) is 0. The summed E-state index contributed by atoms with van der Waals surface area (Å²) in [4.78, 5) is 37.3. The number of halogens is 1. The second-order valence-corrected chi connectivity index (χ2v) is 5.80. The summed E-state index contributed by atoms with van der Waals surface area (Å²) in [6, 6.07) is -0.966. The SMILES string of the molecule is CC(C)C(=O)N1CCC(S)[C@@]1(C(=O)O)C(=O)[C@H](C)N.Cl. The number of rotatable bonds is 4. The number of carbonyl (C=O) groups is 3. The fourth-order valence-electron chi connectivity index (χ4n) is 2.42. The van der Waals surface area contributed by atoms with Crippen LogP contribution in [0.4, 0.5) is 0 Å². The lowest BCUT2D eigenvalue weighted by molar-refractivity contribution is -0.162. The van der Waals surface area contributed by atoms with Crippen molar-refractivity contribution in [1.82, 2.24) is 4.90 Å². The molecule has 1 aliphatic heterocycles. The van der Waals surface area contributed by atoms with Gasteiger partial charge >= 0.3 is 5.97 Å². The van der Waals surface area contributed by atoms with Crippen LogP contribution < -0.4 is 5.73 Å². The minimum atomic E-state index is -1.95. The van der Waals surface area contributed by atoms with Gasteiger partial charge in [0, 0.05) is 17.7 Å². The summed E-state index contributed by atoms with van der Waals surface area (Å²) in [5.41, 5.74) is 3.61. The lowest BCUT2D eigenvalue weighted by Crippen LogP contribution is -2.66. The van der Waals surface area contributed by atoms with Gasteiger partial charge in [0.05, 0.1) is 6.04 Å². The molecule has 0 spiro atoms. The number of ketones is 1. The molecule has 1 heterocycles. The highest BCUT2D eigenvalue weighted by Crippen LogP contribution is 2.36. The first kappa shape index (κ1) is 19.2. The number of hydrogen-bond donors (Lipinski definition) is 3. The van der Waals surface area contributed by atoms with E-state index in [0.29, 0.717) is 6.42 Å². The van der Waals surface area contributed by atoms with Crippen LogP contribution in [0.15, 0.2) is 0 Å². The minimum Gasteiger partial charge on any atom is -0.479 e. The molecule has 116 valence electrons. The first-order chi connectivity index (χ1) is 8.67. The van der Waals surface area contributed by atoms with E-state index in [0.717, 1.165) is 4.90 Å². The van der Waals surface area contributed by atoms with E-state index in [-0.39, 0.29) is 24.9 Å². The topological polar surface area (TPSA) is 101 Å². The Balaban J connectivity index is 0.00000361. The normalized spacial score (nSPS) is 27.1. The molecule has 0 radical (unpaired) electrons. The summed E-state index contributed by atoms with van der Waals surface area (Å²) in [6.07, 6.45) is 0.354. The number of hydrogen-bond acceptors (Lipinski definition) is 5. The smallest absolute Gasteiger partial charge is 0.338 e. The van der Waals surface area contributed by atoms with Crippen LogP contribution >= 0.6 is 25.0 Å². The molecule has 1 rings (SSSR count). The van der Waals surface area contributed by atoms with E-state index in [1.54, 1.807) is 13.8 Å². The van der Waals surface area contributed by atoms with E-state index in [4.69, 9.17) is 5.73 Å². The quantitative estimate of drug-likeness (QED) is 0.511. The van der Waals surface area contributed by atoms with Crippen LogP contribution in [0.3, 0.4) is 0 Å². The Morgan fingerprint density at radius 3 is 2.20 bits per heavy atom. The van der Waals surface area contributed by atoms with Crippen molar-refractivity contribution >= 4 is 42.7 Å². The molecule has 0 aliphatic carbocycles. The number of amides is 1. The molecule has 1 saturated heterocycles. The average Bonchev–Trinajstić information content (AvgIpc) is 2.65. The zero-order valence-corrected chi connectivity index (χ0v) is 13.4. The zero-order chi connectivity index (χ0) is 15.0. The summed E-state index contributed by atoms with van der Waals surface area (Å²) >= 11 is 4.22. The van der Waals surface area contributed by atoms with Crippen LogP contribution in [-0.2, 0) is 14.4 Å². The molecular formula is C12H21ClN2O4S. The molecule has 20 heavy (non-hydrogen) atoms. The highest BCUT2D eigenvalue weighted by molar-refractivity contribution is 7.81. The van der Waals surface area contributed by atoms with Gasteiger partial charge in [0.1, 0.15) is 0 Å². The van der Waals surface area contributed by atoms with Gasteiger partial charge in [-0.15, -0.1) is 12.4 Å². The van der Waals surface area contributed by atoms with Gasteiger partial charge in [-0.05, 0) is 13.3 Å². The number of carbonyl (C=O) groups excluding carboxylic acids is 2. The van der Waals surface area contributed by atoms with Gasteiger partial charge in [-0.25, -0.2) is 4.79 Å². The molecule has 1 fully saturated rings. The number of thiol groups is 1. The second kappa shape index (κ2) is 6.78. The summed E-state index contributed by atoms with van der Waals surface area (Å²) in [5, 5.41) is 8.79. The molecule has 0 bridgehead atoms. The van der Waals surface area contributed by atoms with Crippen molar-refractivity contribution < 1.29 is 19.5 Å². The summed E-state index contributed by atoms with van der Waals surface area (Å²) < 4.78 is 0. The maximum absolute atomic E-state index is 12.3. The van der Waals surface area contributed by atoms with E-state index in [1.165, 1.54) is 6.92 Å². The van der Waals surface area contributed by atoms with Crippen LogP contribution in [0.2, 0.25) is 0 Å². The van der Waals surface area contributed by atoms with Gasteiger partial charge in [-0.1, -0.05) is 13.8 Å². The Hall–Kier alpha value is -0.790. The molecule has 1 unspecified atom stereocenters. The number of Topliss-reactive ketones (excluding diaryl/α,β-unsaturated/α-hetero) is 1. The van der Waals surface area contributed by atoms with Crippen molar-refractivity contribution in [1.29, 1.82) is 0 Å².